The smallest absolute Gasteiger partial charge is 0.420 e. The molecule has 0 aromatic carbocycles. The second-order valence-electron chi connectivity index (χ2n) is 2.09. The third-order valence-electron chi connectivity index (χ3n) is 1.21. The lowest BCUT2D eigenvalue weighted by Crippen LogP contribution is -2.12. The maximum Gasteiger partial charge on any atom is 0.420 e. The molecule has 1 heterocycles. The van der Waals surface area contributed by atoms with Gasteiger partial charge in [0.2, 0.25) is 5.56 Å². The molecule has 0 radical (unpaired) electrons. The maximum absolute atomic E-state index is 11.9. The summed E-state index contributed by atoms with van der Waals surface area (Å²) in [4.78, 5) is 12.3. The van der Waals surface area contributed by atoms with Gasteiger partial charge in [0.15, 0.2) is 0 Å². The maximum atomic E-state index is 11.9. The van der Waals surface area contributed by atoms with Gasteiger partial charge in [0, 0.05) is 12.3 Å². The Kier molecular flexibility index (Phi) is 1.83. The molecule has 0 unspecified atom stereocenters. The Bertz CT molecular complexity index is 341. The van der Waals surface area contributed by atoms with Crippen LogP contribution in [0.1, 0.15) is 5.56 Å². The summed E-state index contributed by atoms with van der Waals surface area (Å²) in [5.74, 6) is -0.984. The minimum absolute atomic E-state index is 0.301. The number of pyridine rings is 1. The molecule has 0 fully saturated rings. The zero-order valence-electron chi connectivity index (χ0n) is 5.64. The Hall–Kier alpha value is -1.46. The van der Waals surface area contributed by atoms with Crippen molar-refractivity contribution in [3.05, 3.63) is 28.2 Å². The molecule has 2 N–H and O–H groups in total. The molecular formula is C6H4F3NO2. The Morgan fingerprint density at radius 1 is 1.42 bits per heavy atom. The molecule has 1 aromatic rings. The van der Waals surface area contributed by atoms with Gasteiger partial charge in [0.25, 0.3) is 0 Å². The molecule has 6 heteroatoms. The van der Waals surface area contributed by atoms with Gasteiger partial charge in [-0.1, -0.05) is 0 Å². The van der Waals surface area contributed by atoms with Gasteiger partial charge in [-0.3, -0.25) is 4.79 Å². The van der Waals surface area contributed by atoms with Crippen molar-refractivity contribution in [3.8, 4) is 5.75 Å². The first-order chi connectivity index (χ1) is 5.41. The Labute approximate surface area is 64.5 Å². The zero-order valence-corrected chi connectivity index (χ0v) is 5.64. The van der Waals surface area contributed by atoms with E-state index in [0.29, 0.717) is 12.3 Å². The number of aromatic hydroxyl groups is 1. The summed E-state index contributed by atoms with van der Waals surface area (Å²) in [7, 11) is 0. The summed E-state index contributed by atoms with van der Waals surface area (Å²) in [5.41, 5.74) is -2.23. The summed E-state index contributed by atoms with van der Waals surface area (Å²) < 4.78 is 35.7. The number of nitrogens with one attached hydrogen (secondary N) is 1. The third kappa shape index (κ3) is 1.58. The van der Waals surface area contributed by atoms with Crippen molar-refractivity contribution in [1.82, 2.24) is 4.98 Å². The number of aromatic amines is 1. The number of aromatic nitrogens is 1. The first kappa shape index (κ1) is 8.63. The number of hydrogen-bond acceptors (Lipinski definition) is 2. The van der Waals surface area contributed by atoms with E-state index in [4.69, 9.17) is 5.11 Å². The van der Waals surface area contributed by atoms with Crippen LogP contribution in [0.15, 0.2) is 17.1 Å². The van der Waals surface area contributed by atoms with Crippen LogP contribution in [0, 0.1) is 0 Å². The highest BCUT2D eigenvalue weighted by molar-refractivity contribution is 5.30. The number of halogens is 3. The SMILES string of the molecule is O=c1cc(C(F)(F)F)c(O)c[nH]1. The molecule has 12 heavy (non-hydrogen) atoms. The summed E-state index contributed by atoms with van der Waals surface area (Å²) >= 11 is 0. The molecule has 0 bridgehead atoms. The van der Waals surface area contributed by atoms with Crippen LogP contribution in [-0.4, -0.2) is 10.1 Å². The predicted molar refractivity (Wildman–Crippen MR) is 33.7 cm³/mol. The molecule has 0 aliphatic heterocycles. The number of rotatable bonds is 0. The van der Waals surface area contributed by atoms with Crippen molar-refractivity contribution < 1.29 is 18.3 Å². The van der Waals surface area contributed by atoms with Gasteiger partial charge in [-0.2, -0.15) is 13.2 Å². The zero-order chi connectivity index (χ0) is 9.35. The van der Waals surface area contributed by atoms with Gasteiger partial charge < -0.3 is 10.1 Å². The molecule has 1 aromatic heterocycles. The fourth-order valence-corrected chi connectivity index (χ4v) is 0.691. The Morgan fingerprint density at radius 3 is 2.42 bits per heavy atom. The minimum atomic E-state index is -4.70. The number of hydrogen-bond donors (Lipinski definition) is 2. The standard InChI is InChI=1S/C6H4F3NO2/c7-6(8,9)3-1-5(12)10-2-4(3)11/h1-2,11H,(H,10,12). The van der Waals surface area contributed by atoms with Crippen molar-refractivity contribution in [2.75, 3.05) is 0 Å². The molecule has 0 atom stereocenters. The fraction of sp³-hybridized carbons (Fsp3) is 0.167. The van der Waals surface area contributed by atoms with E-state index in [1.165, 1.54) is 0 Å². The summed E-state index contributed by atoms with van der Waals surface area (Å²) in [6.07, 6.45) is -4.09. The molecule has 0 amide bonds. The molecule has 0 saturated carbocycles. The first-order valence-corrected chi connectivity index (χ1v) is 2.90. The molecule has 66 valence electrons. The quantitative estimate of drug-likeness (QED) is 0.626. The molecule has 0 aliphatic carbocycles. The number of H-pyrrole nitrogens is 1. The second-order valence-corrected chi connectivity index (χ2v) is 2.09. The molecular weight excluding hydrogens is 175 g/mol. The first-order valence-electron chi connectivity index (χ1n) is 2.90. The lowest BCUT2D eigenvalue weighted by Gasteiger charge is -2.06. The van der Waals surface area contributed by atoms with E-state index < -0.39 is 23.0 Å². The second kappa shape index (κ2) is 2.54. The van der Waals surface area contributed by atoms with E-state index in [9.17, 15) is 18.0 Å². The van der Waals surface area contributed by atoms with Crippen LogP contribution in [0.5, 0.6) is 5.75 Å². The van der Waals surface area contributed by atoms with Crippen LogP contribution in [0.3, 0.4) is 0 Å². The molecule has 0 aliphatic rings. The van der Waals surface area contributed by atoms with Crippen molar-refractivity contribution in [2.24, 2.45) is 0 Å². The highest BCUT2D eigenvalue weighted by Gasteiger charge is 2.34. The highest BCUT2D eigenvalue weighted by Crippen LogP contribution is 2.33. The Balaban J connectivity index is 3.33. The van der Waals surface area contributed by atoms with Gasteiger partial charge in [-0.25, -0.2) is 0 Å². The van der Waals surface area contributed by atoms with Crippen molar-refractivity contribution in [1.29, 1.82) is 0 Å². The molecule has 1 rings (SSSR count). The topological polar surface area (TPSA) is 53.1 Å². The predicted octanol–water partition coefficient (Wildman–Crippen LogP) is 1.10. The summed E-state index contributed by atoms with van der Waals surface area (Å²) in [5, 5.41) is 8.68. The van der Waals surface area contributed by atoms with Crippen molar-refractivity contribution in [3.63, 3.8) is 0 Å². The molecule has 0 spiro atoms. The highest BCUT2D eigenvalue weighted by atomic mass is 19.4. The Morgan fingerprint density at radius 2 is 2.00 bits per heavy atom. The van der Waals surface area contributed by atoms with Crippen LogP contribution in [0.2, 0.25) is 0 Å². The molecule has 3 nitrogen and oxygen atoms in total. The van der Waals surface area contributed by atoms with E-state index in [1.807, 2.05) is 4.98 Å². The van der Waals surface area contributed by atoms with Crippen molar-refractivity contribution in [2.45, 2.75) is 6.18 Å². The van der Waals surface area contributed by atoms with Gasteiger partial charge in [0.1, 0.15) is 11.3 Å². The van der Waals surface area contributed by atoms with Crippen molar-refractivity contribution >= 4 is 0 Å². The minimum Gasteiger partial charge on any atom is -0.506 e. The molecule has 0 saturated heterocycles. The van der Waals surface area contributed by atoms with E-state index >= 15 is 0 Å². The average Bonchev–Trinajstić information content (AvgIpc) is 1.92. The monoisotopic (exact) mass is 179 g/mol. The largest absolute Gasteiger partial charge is 0.506 e. The number of alkyl halides is 3. The van der Waals surface area contributed by atoms with Gasteiger partial charge in [-0.15, -0.1) is 0 Å². The van der Waals surface area contributed by atoms with Gasteiger partial charge in [0.05, 0.1) is 0 Å². The lowest BCUT2D eigenvalue weighted by molar-refractivity contribution is -0.138. The lowest BCUT2D eigenvalue weighted by atomic mass is 10.2. The third-order valence-corrected chi connectivity index (χ3v) is 1.21. The van der Waals surface area contributed by atoms with Gasteiger partial charge >= 0.3 is 6.18 Å². The summed E-state index contributed by atoms with van der Waals surface area (Å²) in [6, 6.07) is 0.301. The van der Waals surface area contributed by atoms with Crippen LogP contribution < -0.4 is 5.56 Å². The summed E-state index contributed by atoms with van der Waals surface area (Å²) in [6.45, 7) is 0. The van der Waals surface area contributed by atoms with Crippen LogP contribution in [-0.2, 0) is 6.18 Å². The van der Waals surface area contributed by atoms with Crippen LogP contribution >= 0.6 is 0 Å². The van der Waals surface area contributed by atoms with Crippen LogP contribution in [0.25, 0.3) is 0 Å². The van der Waals surface area contributed by atoms with E-state index in [0.717, 1.165) is 0 Å². The normalized spacial score (nSPS) is 11.6. The van der Waals surface area contributed by atoms with E-state index in [-0.39, 0.29) is 0 Å². The fourth-order valence-electron chi connectivity index (χ4n) is 0.691. The van der Waals surface area contributed by atoms with E-state index in [2.05, 4.69) is 0 Å². The van der Waals surface area contributed by atoms with E-state index in [1.54, 1.807) is 0 Å². The van der Waals surface area contributed by atoms with Crippen LogP contribution in [0.4, 0.5) is 13.2 Å². The van der Waals surface area contributed by atoms with Gasteiger partial charge in [-0.05, 0) is 0 Å². The average molecular weight is 179 g/mol.